The molecular weight excluding hydrogens is 546 g/mol. The number of carbonyl (C=O) groups is 4. The van der Waals surface area contributed by atoms with Gasteiger partial charge in [-0.2, -0.15) is 0 Å². The molecule has 0 fully saturated rings. The molecule has 206 valence electrons. The molecule has 18 heteroatoms. The molecule has 0 N–H and O–H groups in total. The zero-order valence-electron chi connectivity index (χ0n) is 19.8. The number of carboxylic acids is 4. The van der Waals surface area contributed by atoms with Gasteiger partial charge in [0.05, 0.1) is 56.4 Å². The van der Waals surface area contributed by atoms with Crippen LogP contribution in [0.2, 0.25) is 0 Å². The summed E-state index contributed by atoms with van der Waals surface area (Å²) in [6.45, 7) is 0. The largest absolute Gasteiger partial charge is 2.00 e. The van der Waals surface area contributed by atoms with E-state index in [9.17, 15) is 60.0 Å². The third-order valence-corrected chi connectivity index (χ3v) is 1.48. The van der Waals surface area contributed by atoms with Crippen LogP contribution in [0.3, 0.4) is 0 Å². The fraction of sp³-hybridized carbons (Fsp3) is 0.750. The van der Waals surface area contributed by atoms with Crippen molar-refractivity contribution in [1.82, 2.24) is 0 Å². The third kappa shape index (κ3) is 52.6. The summed E-state index contributed by atoms with van der Waals surface area (Å²) in [5.41, 5.74) is 0. The molecular formula is C16H28N2O14V2-10. The van der Waals surface area contributed by atoms with Gasteiger partial charge >= 0.3 is 0 Å². The number of quaternary nitrogens is 2. The predicted molar refractivity (Wildman–Crippen MR) is 84.5 cm³/mol. The van der Waals surface area contributed by atoms with Crippen LogP contribution in [0.15, 0.2) is 0 Å². The van der Waals surface area contributed by atoms with Gasteiger partial charge in [0.25, 0.3) is 0 Å². The smallest absolute Gasteiger partial charge is 0.0675 e. The number of hydrogen-bond donors (Lipinski definition) is 0. The van der Waals surface area contributed by atoms with Crippen molar-refractivity contribution in [3.63, 3.8) is 0 Å². The van der Waals surface area contributed by atoms with Crippen LogP contribution in [0, 0.1) is 0 Å². The van der Waals surface area contributed by atoms with Crippen molar-refractivity contribution in [1.29, 1.82) is 0 Å². The molecule has 0 aromatic heterocycles. The molecule has 0 aliphatic rings. The maximum Gasteiger partial charge on any atom is 0.0675 e. The molecule has 0 amide bonds. The first-order valence-corrected chi connectivity index (χ1v) is 7.97. The van der Waals surface area contributed by atoms with E-state index in [1.807, 2.05) is 0 Å². The van der Waals surface area contributed by atoms with Gasteiger partial charge < -0.3 is 79.9 Å². The van der Waals surface area contributed by atoms with Gasteiger partial charge in [-0.05, 0) is 0 Å². The van der Waals surface area contributed by atoms with Crippen molar-refractivity contribution in [3.05, 3.63) is 0 Å². The molecule has 0 spiro atoms. The molecule has 16 nitrogen and oxygen atoms in total. The average Bonchev–Trinajstić information content (AvgIpc) is 2.48. The minimum Gasteiger partial charge on any atom is -2.00 e. The van der Waals surface area contributed by atoms with Gasteiger partial charge in [0.1, 0.15) is 0 Å². The number of nitrogens with zero attached hydrogens (tertiary/aromatic N) is 2. The van der Waals surface area contributed by atoms with E-state index in [0.29, 0.717) is 0 Å². The van der Waals surface area contributed by atoms with Crippen LogP contribution in [0.1, 0.15) is 0 Å². The Kier molecular flexibility index (Phi) is 39.4. The molecule has 2 radical (unpaired) electrons. The Morgan fingerprint density at radius 2 is 0.500 bits per heavy atom. The molecule has 0 aliphatic heterocycles. The van der Waals surface area contributed by atoms with Gasteiger partial charge in [0.15, 0.2) is 0 Å². The predicted octanol–water partition coefficient (Wildman–Crippen LogP) is -11.7. The molecule has 0 saturated carbocycles. The number of aliphatic carboxylic acids is 4. The van der Waals surface area contributed by atoms with Crippen molar-refractivity contribution < 1.29 is 117 Å². The first-order valence-electron chi connectivity index (χ1n) is 7.97. The fourth-order valence-corrected chi connectivity index (χ4v) is 0.494. The minimum absolute atomic E-state index is 0. The van der Waals surface area contributed by atoms with Crippen molar-refractivity contribution in [2.24, 2.45) is 0 Å². The Bertz CT molecular complexity index is 457. The van der Waals surface area contributed by atoms with E-state index < -0.39 is 48.3 Å². The van der Waals surface area contributed by atoms with Crippen molar-refractivity contribution >= 4 is 23.9 Å². The van der Waals surface area contributed by atoms with Gasteiger partial charge in [0.2, 0.25) is 0 Å². The average molecular weight is 574 g/mol. The first-order chi connectivity index (χ1) is 12.9. The minimum atomic E-state index is -2.80. The number of hydrogen-bond acceptors (Lipinski definition) is 12. The van der Waals surface area contributed by atoms with Crippen LogP contribution in [0.25, 0.3) is 0 Å². The van der Waals surface area contributed by atoms with E-state index in [1.165, 1.54) is 0 Å². The Labute approximate surface area is 221 Å². The molecule has 0 unspecified atom stereocenters. The number of rotatable bonds is 6. The summed E-state index contributed by atoms with van der Waals surface area (Å²) in [7, 11) is 17.0. The zero-order valence-corrected chi connectivity index (χ0v) is 22.6. The second-order valence-corrected chi connectivity index (χ2v) is 8.33. The van der Waals surface area contributed by atoms with Crippen molar-refractivity contribution in [2.75, 3.05) is 56.4 Å². The van der Waals surface area contributed by atoms with Gasteiger partial charge in [-0.1, -0.05) is 24.4 Å². The molecule has 0 rings (SSSR count). The Morgan fingerprint density at radius 3 is 0.529 bits per heavy atom. The van der Waals surface area contributed by atoms with Crippen molar-refractivity contribution in [3.8, 4) is 0 Å². The summed E-state index contributed by atoms with van der Waals surface area (Å²) in [5, 5.41) is 78.0. The summed E-state index contributed by atoms with van der Waals surface area (Å²) in [6.07, 6.45) is -11.2. The summed E-state index contributed by atoms with van der Waals surface area (Å²) < 4.78 is 2.00. The van der Waals surface area contributed by atoms with E-state index in [4.69, 9.17) is 0 Å². The molecule has 4 atom stereocenters. The molecule has 0 aliphatic carbocycles. The van der Waals surface area contributed by atoms with E-state index in [0.717, 1.165) is 8.97 Å². The maximum atomic E-state index is 9.97. The van der Waals surface area contributed by atoms with E-state index in [2.05, 4.69) is 56.4 Å². The number of carbonyl (C=O) groups excluding carboxylic acids is 4. The van der Waals surface area contributed by atoms with Crippen LogP contribution in [0.5, 0.6) is 0 Å². The molecule has 0 bridgehead atoms. The van der Waals surface area contributed by atoms with Crippen LogP contribution < -0.4 is 40.9 Å². The third-order valence-electron chi connectivity index (χ3n) is 1.48. The Hall–Kier alpha value is -1.27. The summed E-state index contributed by atoms with van der Waals surface area (Å²) in [4.78, 5) is 38.1. The van der Waals surface area contributed by atoms with Gasteiger partial charge in [0, 0.05) is 61.0 Å². The van der Waals surface area contributed by atoms with Gasteiger partial charge in [-0.25, -0.2) is 0 Å². The molecule has 0 aromatic rings. The Balaban J connectivity index is -0.0000000445. The van der Waals surface area contributed by atoms with Crippen molar-refractivity contribution in [2.45, 2.75) is 24.4 Å². The van der Waals surface area contributed by atoms with E-state index in [-0.39, 0.29) is 48.1 Å². The molecule has 0 saturated heterocycles. The zero-order chi connectivity index (χ0) is 25.6. The topological polar surface area (TPSA) is 310 Å². The van der Waals surface area contributed by atoms with Gasteiger partial charge in [-0.3, -0.25) is 0 Å². The molecule has 34 heavy (non-hydrogen) atoms. The van der Waals surface area contributed by atoms with Crippen LogP contribution in [-0.4, -0.2) is 114 Å². The van der Waals surface area contributed by atoms with Crippen LogP contribution >= 0.6 is 0 Å². The first kappa shape index (κ1) is 53.9. The summed E-state index contributed by atoms with van der Waals surface area (Å²) in [6, 6.07) is 0. The monoisotopic (exact) mass is 574 g/mol. The maximum absolute atomic E-state index is 9.97. The quantitative estimate of drug-likeness (QED) is 0.267. The fourth-order valence-electron chi connectivity index (χ4n) is 0.494. The summed E-state index contributed by atoms with van der Waals surface area (Å²) >= 11 is 0. The SMILES string of the molecule is C[N+](C)(C)C.C[N+](C)(C)C.O=C([O-])[C@@H]([O-])[C@H]([O-])C(=O)[O-].O=C([O-])[C@H]([O-])[C@@H]([O-])C(=O)[O-].[O-2].[O-2].[V].[V]. The second-order valence-electron chi connectivity index (χ2n) is 8.33. The normalized spacial score (nSPS) is 12.8. The number of carboxylic acid groups (broad SMARTS) is 4. The second kappa shape index (κ2) is 24.8. The standard InChI is InChI=1S/2C4H12N.2C4H4O6.2O.2V/c2*1-5(2,3)4;2*5-1(3(7)8)2(6)4(9)10;;;;/h2*1-4H3;2*1-2H,(H,7,8)(H,9,10);;;;/q2*+1;4*-2;;/p-4/t;;2*1-,2-;;;;/m..10..../s1. The molecule has 0 aromatic carbocycles. The molecule has 0 heterocycles. The van der Waals surface area contributed by atoms with E-state index >= 15 is 0 Å². The Morgan fingerprint density at radius 1 is 0.441 bits per heavy atom. The van der Waals surface area contributed by atoms with Crippen LogP contribution in [-0.2, 0) is 67.2 Å². The van der Waals surface area contributed by atoms with E-state index in [1.54, 1.807) is 0 Å². The van der Waals surface area contributed by atoms with Gasteiger partial charge in [-0.15, -0.1) is 0 Å². The summed E-state index contributed by atoms with van der Waals surface area (Å²) in [5.74, 6) is -8.93. The van der Waals surface area contributed by atoms with Crippen LogP contribution in [0.4, 0.5) is 0 Å².